The first-order chi connectivity index (χ1) is 15.7. The van der Waals surface area contributed by atoms with E-state index in [1.54, 1.807) is 24.4 Å². The topological polar surface area (TPSA) is 53.4 Å². The monoisotopic (exact) mass is 422 g/mol. The fourth-order valence-electron chi connectivity index (χ4n) is 3.59. The summed E-state index contributed by atoms with van der Waals surface area (Å²) < 4.78 is 13.6. The van der Waals surface area contributed by atoms with E-state index in [9.17, 15) is 4.79 Å². The van der Waals surface area contributed by atoms with E-state index in [0.29, 0.717) is 29.2 Å². The van der Waals surface area contributed by atoms with Crippen LogP contribution in [0, 0.1) is 6.92 Å². The largest absolute Gasteiger partial charge is 0.489 e. The molecular formula is C27H22N2O3. The molecule has 0 saturated carbocycles. The van der Waals surface area contributed by atoms with E-state index in [1.165, 1.54) is 5.56 Å². The number of fused-ring (bicyclic) bond motifs is 1. The Morgan fingerprint density at radius 2 is 1.88 bits per heavy atom. The van der Waals surface area contributed by atoms with Crippen LogP contribution in [-0.4, -0.2) is 22.2 Å². The van der Waals surface area contributed by atoms with E-state index < -0.39 is 0 Å². The first-order valence-electron chi connectivity index (χ1n) is 10.5. The molecule has 0 saturated heterocycles. The van der Waals surface area contributed by atoms with Crippen molar-refractivity contribution in [2.45, 2.75) is 13.5 Å². The summed E-state index contributed by atoms with van der Waals surface area (Å²) in [6.45, 7) is 2.65. The summed E-state index contributed by atoms with van der Waals surface area (Å²) in [4.78, 5) is 12.9. The summed E-state index contributed by atoms with van der Waals surface area (Å²) in [5.74, 6) is 1.19. The molecule has 0 spiro atoms. The fraction of sp³-hybridized carbons (Fsp3) is 0.111. The van der Waals surface area contributed by atoms with Crippen LogP contribution in [0.2, 0.25) is 0 Å². The Balaban J connectivity index is 1.27. The predicted molar refractivity (Wildman–Crippen MR) is 123 cm³/mol. The van der Waals surface area contributed by atoms with Gasteiger partial charge in [0.25, 0.3) is 0 Å². The molecule has 0 unspecified atom stereocenters. The van der Waals surface area contributed by atoms with Crippen LogP contribution in [0.25, 0.3) is 11.8 Å². The van der Waals surface area contributed by atoms with Gasteiger partial charge in [-0.25, -0.2) is 4.68 Å². The summed E-state index contributed by atoms with van der Waals surface area (Å²) in [5, 5.41) is 4.39. The number of hydrogen-bond acceptors (Lipinski definition) is 4. The highest BCUT2D eigenvalue weighted by Crippen LogP contribution is 2.32. The number of carbonyl (C=O) groups excluding carboxylic acids is 1. The second kappa shape index (κ2) is 8.55. The van der Waals surface area contributed by atoms with Crippen molar-refractivity contribution in [3.63, 3.8) is 0 Å². The molecule has 158 valence electrons. The van der Waals surface area contributed by atoms with Gasteiger partial charge in [-0.15, -0.1) is 0 Å². The third-order valence-electron chi connectivity index (χ3n) is 5.35. The molecule has 0 radical (unpaired) electrons. The molecule has 4 aromatic rings. The molecule has 1 aliphatic heterocycles. The van der Waals surface area contributed by atoms with Crippen molar-refractivity contribution < 1.29 is 14.3 Å². The molecule has 0 amide bonds. The molecular weight excluding hydrogens is 400 g/mol. The maximum atomic E-state index is 12.9. The van der Waals surface area contributed by atoms with Crippen molar-refractivity contribution in [3.8, 4) is 17.2 Å². The fourth-order valence-corrected chi connectivity index (χ4v) is 3.59. The van der Waals surface area contributed by atoms with Crippen LogP contribution in [-0.2, 0) is 6.61 Å². The minimum Gasteiger partial charge on any atom is -0.489 e. The van der Waals surface area contributed by atoms with E-state index in [0.717, 1.165) is 16.8 Å². The van der Waals surface area contributed by atoms with Crippen molar-refractivity contribution in [3.05, 3.63) is 113 Å². The Morgan fingerprint density at radius 3 is 2.69 bits per heavy atom. The lowest BCUT2D eigenvalue weighted by Gasteiger charge is -2.19. The Bertz CT molecular complexity index is 1290. The van der Waals surface area contributed by atoms with Crippen LogP contribution in [0.5, 0.6) is 11.5 Å². The van der Waals surface area contributed by atoms with Crippen molar-refractivity contribution in [2.24, 2.45) is 0 Å². The number of hydrogen-bond donors (Lipinski definition) is 0. The molecule has 0 bridgehead atoms. The van der Waals surface area contributed by atoms with E-state index in [4.69, 9.17) is 9.47 Å². The Kier molecular flexibility index (Phi) is 5.30. The first-order valence-corrected chi connectivity index (χ1v) is 10.5. The van der Waals surface area contributed by atoms with Crippen molar-refractivity contribution in [1.29, 1.82) is 0 Å². The smallest absolute Gasteiger partial charge is 0.196 e. The molecule has 0 fully saturated rings. The van der Waals surface area contributed by atoms with Gasteiger partial charge < -0.3 is 9.47 Å². The Morgan fingerprint density at radius 1 is 1.06 bits per heavy atom. The molecule has 1 aromatic heterocycles. The number of carbonyl (C=O) groups is 1. The zero-order valence-electron chi connectivity index (χ0n) is 17.7. The van der Waals surface area contributed by atoms with Crippen molar-refractivity contribution in [1.82, 2.24) is 9.78 Å². The highest BCUT2D eigenvalue weighted by atomic mass is 16.5. The maximum absolute atomic E-state index is 12.9. The third kappa shape index (κ3) is 4.18. The minimum atomic E-state index is -0.0116. The van der Waals surface area contributed by atoms with Crippen molar-refractivity contribution >= 4 is 11.9 Å². The van der Waals surface area contributed by atoms with Gasteiger partial charge in [0.2, 0.25) is 0 Å². The van der Waals surface area contributed by atoms with Crippen LogP contribution in [0.15, 0.2) is 90.8 Å². The molecule has 2 heterocycles. The zero-order chi connectivity index (χ0) is 21.9. The molecule has 0 atom stereocenters. The lowest BCUT2D eigenvalue weighted by molar-refractivity contribution is 0.100. The average Bonchev–Trinajstić information content (AvgIpc) is 3.31. The summed E-state index contributed by atoms with van der Waals surface area (Å²) >= 11 is 0. The highest BCUT2D eigenvalue weighted by molar-refractivity contribution is 6.14. The zero-order valence-corrected chi connectivity index (χ0v) is 17.7. The maximum Gasteiger partial charge on any atom is 0.196 e. The number of Topliss-reactive ketones (excluding diaryl/α,β-unsaturated/α-hetero) is 1. The summed E-state index contributed by atoms with van der Waals surface area (Å²) in [6, 6.07) is 23.3. The van der Waals surface area contributed by atoms with E-state index >= 15 is 0 Å². The van der Waals surface area contributed by atoms with Gasteiger partial charge in [-0.1, -0.05) is 48.0 Å². The standard InChI is InChI=1S/C27H22N2O3/c1-19-7-9-20(10-8-19)13-22-18-32-26-14-24(11-12-25(26)27(22)30)31-17-21-15-28-29(16-21)23-5-3-2-4-6-23/h2-16H,17-18H2,1H3. The molecule has 5 heteroatoms. The molecule has 3 aromatic carbocycles. The molecule has 0 aliphatic carbocycles. The summed E-state index contributed by atoms with van der Waals surface area (Å²) in [6.07, 6.45) is 5.61. The van der Waals surface area contributed by atoms with E-state index in [2.05, 4.69) is 5.10 Å². The van der Waals surface area contributed by atoms with Crippen LogP contribution in [0.3, 0.4) is 0 Å². The van der Waals surface area contributed by atoms with Gasteiger partial charge in [0.05, 0.1) is 17.4 Å². The first kappa shape index (κ1) is 19.8. The predicted octanol–water partition coefficient (Wildman–Crippen LogP) is 5.42. The van der Waals surface area contributed by atoms with Gasteiger partial charge in [0.1, 0.15) is 24.7 Å². The van der Waals surface area contributed by atoms with Gasteiger partial charge in [-0.2, -0.15) is 5.10 Å². The van der Waals surface area contributed by atoms with Crippen LogP contribution in [0.4, 0.5) is 0 Å². The minimum absolute atomic E-state index is 0.0116. The van der Waals surface area contributed by atoms with Crippen LogP contribution < -0.4 is 9.47 Å². The summed E-state index contributed by atoms with van der Waals surface area (Å²) in [5.41, 5.74) is 5.31. The number of aromatic nitrogens is 2. The highest BCUT2D eigenvalue weighted by Gasteiger charge is 2.23. The SMILES string of the molecule is Cc1ccc(C=C2COc3cc(OCc4cnn(-c5ccccc5)c4)ccc3C2=O)cc1. The van der Waals surface area contributed by atoms with Crippen molar-refractivity contribution in [2.75, 3.05) is 6.61 Å². The Labute approximate surface area is 186 Å². The lowest BCUT2D eigenvalue weighted by atomic mass is 9.98. The number of nitrogens with zero attached hydrogens (tertiary/aromatic N) is 2. The second-order valence-corrected chi connectivity index (χ2v) is 7.77. The molecule has 0 N–H and O–H groups in total. The van der Waals surface area contributed by atoms with Gasteiger partial charge in [-0.3, -0.25) is 4.79 Å². The van der Waals surface area contributed by atoms with Crippen LogP contribution in [0.1, 0.15) is 27.0 Å². The number of benzene rings is 3. The number of para-hydroxylation sites is 1. The molecule has 5 rings (SSSR count). The molecule has 5 nitrogen and oxygen atoms in total. The number of rotatable bonds is 5. The average molecular weight is 422 g/mol. The van der Waals surface area contributed by atoms with E-state index in [1.807, 2.05) is 78.5 Å². The van der Waals surface area contributed by atoms with Gasteiger partial charge in [0.15, 0.2) is 5.78 Å². The Hall–Kier alpha value is -4.12. The molecule has 32 heavy (non-hydrogen) atoms. The summed E-state index contributed by atoms with van der Waals surface area (Å²) in [7, 11) is 0. The van der Waals surface area contributed by atoms with Gasteiger partial charge in [0, 0.05) is 23.4 Å². The normalized spacial score (nSPS) is 14.2. The lowest BCUT2D eigenvalue weighted by Crippen LogP contribution is -2.19. The number of ether oxygens (including phenoxy) is 2. The van der Waals surface area contributed by atoms with Gasteiger partial charge >= 0.3 is 0 Å². The molecule has 1 aliphatic rings. The number of ketones is 1. The van der Waals surface area contributed by atoms with E-state index in [-0.39, 0.29) is 12.4 Å². The second-order valence-electron chi connectivity index (χ2n) is 7.77. The van der Waals surface area contributed by atoms with Crippen LogP contribution >= 0.6 is 0 Å². The third-order valence-corrected chi connectivity index (χ3v) is 5.35. The van der Waals surface area contributed by atoms with Gasteiger partial charge in [-0.05, 0) is 42.8 Å². The number of aryl methyl sites for hydroxylation is 1. The quantitative estimate of drug-likeness (QED) is 0.403.